The van der Waals surface area contributed by atoms with E-state index in [2.05, 4.69) is 48.1 Å². The highest BCUT2D eigenvalue weighted by atomic mass is 15.1. The summed E-state index contributed by atoms with van der Waals surface area (Å²) >= 11 is 0. The number of nitrogens with zero attached hydrogens (tertiary/aromatic N) is 3. The third-order valence-electron chi connectivity index (χ3n) is 2.87. The Morgan fingerprint density at radius 1 is 1.39 bits per heavy atom. The standard InChI is InChI=1S/C13H25N5/c1-5-6-11-12(14)15-9-16-13(11)17-10(2)7-8-18(3)4/h9-10H,5-8H2,1-4H3,(H3,14,15,16,17). The molecule has 0 aromatic carbocycles. The Morgan fingerprint density at radius 2 is 2.11 bits per heavy atom. The van der Waals surface area contributed by atoms with E-state index in [1.165, 1.54) is 6.33 Å². The van der Waals surface area contributed by atoms with Crippen molar-refractivity contribution in [3.63, 3.8) is 0 Å². The highest BCUT2D eigenvalue weighted by molar-refractivity contribution is 5.55. The first-order valence-corrected chi connectivity index (χ1v) is 6.55. The summed E-state index contributed by atoms with van der Waals surface area (Å²) in [7, 11) is 4.16. The molecule has 1 rings (SSSR count). The van der Waals surface area contributed by atoms with Crippen LogP contribution in [0.5, 0.6) is 0 Å². The van der Waals surface area contributed by atoms with Crippen LogP contribution in [0.15, 0.2) is 6.33 Å². The molecule has 0 aliphatic heterocycles. The van der Waals surface area contributed by atoms with Crippen molar-refractivity contribution in [1.82, 2.24) is 14.9 Å². The van der Waals surface area contributed by atoms with Gasteiger partial charge in [-0.3, -0.25) is 0 Å². The lowest BCUT2D eigenvalue weighted by atomic mass is 10.1. The van der Waals surface area contributed by atoms with E-state index in [1.54, 1.807) is 0 Å². The van der Waals surface area contributed by atoms with Crippen LogP contribution in [0, 0.1) is 0 Å². The van der Waals surface area contributed by atoms with Crippen LogP contribution in [-0.4, -0.2) is 41.5 Å². The van der Waals surface area contributed by atoms with Gasteiger partial charge in [0, 0.05) is 11.6 Å². The summed E-state index contributed by atoms with van der Waals surface area (Å²) in [4.78, 5) is 10.5. The molecule has 3 N–H and O–H groups in total. The van der Waals surface area contributed by atoms with Gasteiger partial charge >= 0.3 is 0 Å². The van der Waals surface area contributed by atoms with Crippen LogP contribution in [0.2, 0.25) is 0 Å². The van der Waals surface area contributed by atoms with Crippen molar-refractivity contribution in [2.24, 2.45) is 0 Å². The molecule has 0 aliphatic rings. The Balaban J connectivity index is 2.68. The van der Waals surface area contributed by atoms with Crippen molar-refractivity contribution in [3.05, 3.63) is 11.9 Å². The summed E-state index contributed by atoms with van der Waals surface area (Å²) in [6.07, 6.45) is 4.55. The number of nitrogen functional groups attached to an aromatic ring is 1. The van der Waals surface area contributed by atoms with E-state index in [-0.39, 0.29) is 0 Å². The lowest BCUT2D eigenvalue weighted by Gasteiger charge is -2.19. The van der Waals surface area contributed by atoms with Crippen molar-refractivity contribution in [1.29, 1.82) is 0 Å². The summed E-state index contributed by atoms with van der Waals surface area (Å²) in [6, 6.07) is 0.373. The third kappa shape index (κ3) is 4.49. The summed E-state index contributed by atoms with van der Waals surface area (Å²) in [5.41, 5.74) is 6.94. The fourth-order valence-corrected chi connectivity index (χ4v) is 1.80. The Labute approximate surface area is 110 Å². The first-order valence-electron chi connectivity index (χ1n) is 6.55. The Bertz CT molecular complexity index is 364. The first-order chi connectivity index (χ1) is 8.54. The third-order valence-corrected chi connectivity index (χ3v) is 2.87. The van der Waals surface area contributed by atoms with Gasteiger partial charge in [0.05, 0.1) is 0 Å². The van der Waals surface area contributed by atoms with E-state index in [0.717, 1.165) is 37.2 Å². The smallest absolute Gasteiger partial charge is 0.134 e. The molecule has 0 amide bonds. The Morgan fingerprint density at radius 3 is 2.72 bits per heavy atom. The van der Waals surface area contributed by atoms with E-state index < -0.39 is 0 Å². The molecule has 0 saturated heterocycles. The van der Waals surface area contributed by atoms with Crippen LogP contribution in [0.4, 0.5) is 11.6 Å². The van der Waals surface area contributed by atoms with Crippen LogP contribution in [0.25, 0.3) is 0 Å². The minimum absolute atomic E-state index is 0.373. The number of hydrogen-bond acceptors (Lipinski definition) is 5. The zero-order valence-electron chi connectivity index (χ0n) is 11.9. The van der Waals surface area contributed by atoms with Gasteiger partial charge in [-0.05, 0) is 40.4 Å². The lowest BCUT2D eigenvalue weighted by Crippen LogP contribution is -2.24. The minimum atomic E-state index is 0.373. The van der Waals surface area contributed by atoms with Gasteiger partial charge in [-0.15, -0.1) is 0 Å². The normalized spacial score (nSPS) is 12.7. The maximum atomic E-state index is 5.91. The average Bonchev–Trinajstić information content (AvgIpc) is 2.31. The lowest BCUT2D eigenvalue weighted by molar-refractivity contribution is 0.390. The molecule has 18 heavy (non-hydrogen) atoms. The molecule has 0 spiro atoms. The largest absolute Gasteiger partial charge is 0.383 e. The molecule has 102 valence electrons. The van der Waals surface area contributed by atoms with Crippen LogP contribution < -0.4 is 11.1 Å². The number of aromatic nitrogens is 2. The van der Waals surface area contributed by atoms with E-state index in [4.69, 9.17) is 5.73 Å². The Hall–Kier alpha value is -1.36. The van der Waals surface area contributed by atoms with Crippen LogP contribution in [0.1, 0.15) is 32.3 Å². The molecule has 0 saturated carbocycles. The number of anilines is 2. The minimum Gasteiger partial charge on any atom is -0.383 e. The predicted molar refractivity (Wildman–Crippen MR) is 76.7 cm³/mol. The van der Waals surface area contributed by atoms with Gasteiger partial charge in [0.2, 0.25) is 0 Å². The highest BCUT2D eigenvalue weighted by Gasteiger charge is 2.11. The van der Waals surface area contributed by atoms with E-state index in [1.807, 2.05) is 0 Å². The maximum absolute atomic E-state index is 5.91. The number of rotatable bonds is 7. The second kappa shape index (κ2) is 7.16. The number of nitrogens with one attached hydrogen (secondary N) is 1. The van der Waals surface area contributed by atoms with E-state index in [9.17, 15) is 0 Å². The van der Waals surface area contributed by atoms with Crippen molar-refractivity contribution < 1.29 is 0 Å². The molecule has 1 heterocycles. The molecule has 5 nitrogen and oxygen atoms in total. The molecule has 1 aromatic heterocycles. The molecule has 0 radical (unpaired) electrons. The Kier molecular flexibility index (Phi) is 5.85. The predicted octanol–water partition coefficient (Wildman–Crippen LogP) is 1.76. The fourth-order valence-electron chi connectivity index (χ4n) is 1.80. The van der Waals surface area contributed by atoms with Crippen molar-refractivity contribution in [2.45, 2.75) is 39.2 Å². The molecular formula is C13H25N5. The molecular weight excluding hydrogens is 226 g/mol. The van der Waals surface area contributed by atoms with Crippen LogP contribution in [0.3, 0.4) is 0 Å². The quantitative estimate of drug-likeness (QED) is 0.773. The van der Waals surface area contributed by atoms with Gasteiger partial charge in [0.15, 0.2) is 0 Å². The average molecular weight is 251 g/mol. The van der Waals surface area contributed by atoms with Gasteiger partial charge in [-0.1, -0.05) is 13.3 Å². The topological polar surface area (TPSA) is 67.1 Å². The second-order valence-corrected chi connectivity index (χ2v) is 4.97. The highest BCUT2D eigenvalue weighted by Crippen LogP contribution is 2.20. The summed E-state index contributed by atoms with van der Waals surface area (Å²) < 4.78 is 0. The van der Waals surface area contributed by atoms with Crippen molar-refractivity contribution >= 4 is 11.6 Å². The summed E-state index contributed by atoms with van der Waals surface area (Å²) in [6.45, 7) is 5.35. The maximum Gasteiger partial charge on any atom is 0.134 e. The fraction of sp³-hybridized carbons (Fsp3) is 0.692. The van der Waals surface area contributed by atoms with E-state index in [0.29, 0.717) is 11.9 Å². The monoisotopic (exact) mass is 251 g/mol. The summed E-state index contributed by atoms with van der Waals surface area (Å²) in [5, 5.41) is 3.43. The van der Waals surface area contributed by atoms with Gasteiger partial charge in [0.1, 0.15) is 18.0 Å². The molecule has 0 bridgehead atoms. The van der Waals surface area contributed by atoms with Gasteiger partial charge in [-0.2, -0.15) is 0 Å². The molecule has 1 unspecified atom stereocenters. The van der Waals surface area contributed by atoms with Gasteiger partial charge in [0.25, 0.3) is 0 Å². The molecule has 0 aliphatic carbocycles. The van der Waals surface area contributed by atoms with Gasteiger partial charge < -0.3 is 16.0 Å². The van der Waals surface area contributed by atoms with Crippen LogP contribution >= 0.6 is 0 Å². The zero-order chi connectivity index (χ0) is 13.5. The molecule has 1 atom stereocenters. The first kappa shape index (κ1) is 14.7. The van der Waals surface area contributed by atoms with Crippen LogP contribution in [-0.2, 0) is 6.42 Å². The van der Waals surface area contributed by atoms with Crippen molar-refractivity contribution in [3.8, 4) is 0 Å². The van der Waals surface area contributed by atoms with E-state index >= 15 is 0 Å². The SMILES string of the molecule is CCCc1c(N)ncnc1NC(C)CCN(C)C. The molecule has 1 aromatic rings. The van der Waals surface area contributed by atoms with Gasteiger partial charge in [-0.25, -0.2) is 9.97 Å². The number of hydrogen-bond donors (Lipinski definition) is 2. The second-order valence-electron chi connectivity index (χ2n) is 4.97. The molecule has 5 heteroatoms. The van der Waals surface area contributed by atoms with Crippen molar-refractivity contribution in [2.75, 3.05) is 31.7 Å². The summed E-state index contributed by atoms with van der Waals surface area (Å²) in [5.74, 6) is 1.48. The molecule has 0 fully saturated rings. The zero-order valence-corrected chi connectivity index (χ0v) is 11.9. The number of nitrogens with two attached hydrogens (primary N) is 1.